The SMILES string of the molecule is CC(C)(N)COc1ccc(C(F)(F)F)cc1C#N. The molecule has 98 valence electrons. The Morgan fingerprint density at radius 2 is 1.94 bits per heavy atom. The zero-order valence-electron chi connectivity index (χ0n) is 10.0. The van der Waals surface area contributed by atoms with Crippen LogP contribution >= 0.6 is 0 Å². The van der Waals surface area contributed by atoms with Gasteiger partial charge in [-0.25, -0.2) is 0 Å². The standard InChI is InChI=1S/C12H13F3N2O/c1-11(2,17)7-18-10-4-3-9(12(13,14)15)5-8(10)6-16/h3-5H,7,17H2,1-2H3. The normalized spacial score (nSPS) is 12.1. The van der Waals surface area contributed by atoms with Crippen LogP contribution in [-0.4, -0.2) is 12.1 Å². The van der Waals surface area contributed by atoms with Crippen molar-refractivity contribution in [3.05, 3.63) is 29.3 Å². The van der Waals surface area contributed by atoms with Crippen LogP contribution in [-0.2, 0) is 6.18 Å². The Kier molecular flexibility index (Phi) is 3.87. The number of nitriles is 1. The number of ether oxygens (including phenoxy) is 1. The van der Waals surface area contributed by atoms with E-state index in [2.05, 4.69) is 0 Å². The molecule has 0 atom stereocenters. The fourth-order valence-corrected chi connectivity index (χ4v) is 1.18. The molecular weight excluding hydrogens is 245 g/mol. The zero-order chi connectivity index (χ0) is 14.0. The van der Waals surface area contributed by atoms with E-state index in [1.807, 2.05) is 0 Å². The van der Waals surface area contributed by atoms with E-state index in [9.17, 15) is 13.2 Å². The predicted molar refractivity (Wildman–Crippen MR) is 59.9 cm³/mol. The quantitative estimate of drug-likeness (QED) is 0.906. The molecule has 0 saturated heterocycles. The molecule has 1 aromatic carbocycles. The number of benzene rings is 1. The number of rotatable bonds is 3. The average Bonchev–Trinajstić information content (AvgIpc) is 2.23. The molecule has 6 heteroatoms. The molecular formula is C12H13F3N2O. The van der Waals surface area contributed by atoms with Crippen LogP contribution in [0.5, 0.6) is 5.75 Å². The Hall–Kier alpha value is -1.74. The van der Waals surface area contributed by atoms with E-state index >= 15 is 0 Å². The summed E-state index contributed by atoms with van der Waals surface area (Å²) < 4.78 is 42.6. The number of alkyl halides is 3. The van der Waals surface area contributed by atoms with Gasteiger partial charge in [0, 0.05) is 5.54 Å². The highest BCUT2D eigenvalue weighted by atomic mass is 19.4. The molecule has 0 aliphatic carbocycles. The summed E-state index contributed by atoms with van der Waals surface area (Å²) in [5, 5.41) is 8.81. The molecule has 0 aliphatic rings. The highest BCUT2D eigenvalue weighted by molar-refractivity contribution is 5.46. The summed E-state index contributed by atoms with van der Waals surface area (Å²) in [5.74, 6) is 0.101. The lowest BCUT2D eigenvalue weighted by atomic mass is 10.1. The van der Waals surface area contributed by atoms with Gasteiger partial charge < -0.3 is 10.5 Å². The van der Waals surface area contributed by atoms with Crippen LogP contribution in [0.2, 0.25) is 0 Å². The van der Waals surface area contributed by atoms with Gasteiger partial charge in [0.25, 0.3) is 0 Å². The highest BCUT2D eigenvalue weighted by Crippen LogP contribution is 2.32. The second-order valence-electron chi connectivity index (χ2n) is 4.60. The summed E-state index contributed by atoms with van der Waals surface area (Å²) in [4.78, 5) is 0. The molecule has 0 radical (unpaired) electrons. The third kappa shape index (κ3) is 3.93. The first-order valence-corrected chi connectivity index (χ1v) is 5.16. The van der Waals surface area contributed by atoms with Crippen LogP contribution in [0.25, 0.3) is 0 Å². The van der Waals surface area contributed by atoms with E-state index in [0.717, 1.165) is 18.2 Å². The summed E-state index contributed by atoms with van der Waals surface area (Å²) in [6.45, 7) is 3.53. The van der Waals surface area contributed by atoms with Gasteiger partial charge in [0.15, 0.2) is 0 Å². The molecule has 0 aliphatic heterocycles. The Morgan fingerprint density at radius 1 is 1.33 bits per heavy atom. The minimum absolute atomic E-state index is 0.101. The maximum atomic E-state index is 12.4. The van der Waals surface area contributed by atoms with Crippen LogP contribution in [0.1, 0.15) is 25.0 Å². The Morgan fingerprint density at radius 3 is 2.39 bits per heavy atom. The van der Waals surface area contributed by atoms with E-state index in [-0.39, 0.29) is 17.9 Å². The second-order valence-corrected chi connectivity index (χ2v) is 4.60. The Labute approximate surface area is 103 Å². The first-order valence-electron chi connectivity index (χ1n) is 5.16. The van der Waals surface area contributed by atoms with E-state index in [1.54, 1.807) is 19.9 Å². The van der Waals surface area contributed by atoms with Crippen molar-refractivity contribution in [3.63, 3.8) is 0 Å². The van der Waals surface area contributed by atoms with Gasteiger partial charge in [0.2, 0.25) is 0 Å². The van der Waals surface area contributed by atoms with Crippen LogP contribution in [0.15, 0.2) is 18.2 Å². The molecule has 0 fully saturated rings. The van der Waals surface area contributed by atoms with Crippen molar-refractivity contribution in [2.45, 2.75) is 25.6 Å². The third-order valence-electron chi connectivity index (χ3n) is 2.03. The van der Waals surface area contributed by atoms with Crippen molar-refractivity contribution >= 4 is 0 Å². The smallest absolute Gasteiger partial charge is 0.416 e. The van der Waals surface area contributed by atoms with Crippen molar-refractivity contribution in [2.24, 2.45) is 5.73 Å². The van der Waals surface area contributed by atoms with Gasteiger partial charge in [-0.2, -0.15) is 18.4 Å². The summed E-state index contributed by atoms with van der Waals surface area (Å²) in [5.41, 5.74) is 4.02. The molecule has 0 heterocycles. The van der Waals surface area contributed by atoms with Crippen LogP contribution < -0.4 is 10.5 Å². The van der Waals surface area contributed by atoms with Gasteiger partial charge in [-0.05, 0) is 32.0 Å². The van der Waals surface area contributed by atoms with Gasteiger partial charge in [-0.3, -0.25) is 0 Å². The molecule has 0 unspecified atom stereocenters. The summed E-state index contributed by atoms with van der Waals surface area (Å²) in [6.07, 6.45) is -4.47. The monoisotopic (exact) mass is 258 g/mol. The van der Waals surface area contributed by atoms with E-state index in [1.165, 1.54) is 0 Å². The first-order chi connectivity index (χ1) is 8.13. The number of hydrogen-bond donors (Lipinski definition) is 1. The fraction of sp³-hybridized carbons (Fsp3) is 0.417. The molecule has 2 N–H and O–H groups in total. The molecule has 1 rings (SSSR count). The lowest BCUT2D eigenvalue weighted by Gasteiger charge is -2.19. The van der Waals surface area contributed by atoms with Crippen LogP contribution in [0, 0.1) is 11.3 Å². The number of nitrogens with two attached hydrogens (primary N) is 1. The zero-order valence-corrected chi connectivity index (χ0v) is 10.0. The minimum atomic E-state index is -4.47. The fourth-order valence-electron chi connectivity index (χ4n) is 1.18. The number of hydrogen-bond acceptors (Lipinski definition) is 3. The third-order valence-corrected chi connectivity index (χ3v) is 2.03. The largest absolute Gasteiger partial charge is 0.490 e. The topological polar surface area (TPSA) is 59.0 Å². The average molecular weight is 258 g/mol. The van der Waals surface area contributed by atoms with Crippen molar-refractivity contribution in [1.29, 1.82) is 5.26 Å². The van der Waals surface area contributed by atoms with Gasteiger partial charge in [0.1, 0.15) is 18.4 Å². The highest BCUT2D eigenvalue weighted by Gasteiger charge is 2.31. The summed E-state index contributed by atoms with van der Waals surface area (Å²) in [7, 11) is 0. The molecule has 18 heavy (non-hydrogen) atoms. The van der Waals surface area contributed by atoms with Crippen molar-refractivity contribution in [1.82, 2.24) is 0 Å². The maximum Gasteiger partial charge on any atom is 0.416 e. The molecule has 3 nitrogen and oxygen atoms in total. The molecule has 0 bridgehead atoms. The Bertz CT molecular complexity index is 470. The summed E-state index contributed by atoms with van der Waals surface area (Å²) >= 11 is 0. The first kappa shape index (κ1) is 14.3. The molecule has 0 amide bonds. The molecule has 1 aromatic rings. The van der Waals surface area contributed by atoms with Crippen LogP contribution in [0.4, 0.5) is 13.2 Å². The van der Waals surface area contributed by atoms with Gasteiger partial charge in [0.05, 0.1) is 11.1 Å². The predicted octanol–water partition coefficient (Wildman–Crippen LogP) is 2.69. The lowest BCUT2D eigenvalue weighted by Crippen LogP contribution is -2.38. The minimum Gasteiger partial charge on any atom is -0.490 e. The van der Waals surface area contributed by atoms with Crippen LogP contribution in [0.3, 0.4) is 0 Å². The summed E-state index contributed by atoms with van der Waals surface area (Å²) in [6, 6.07) is 4.45. The van der Waals surface area contributed by atoms with E-state index in [4.69, 9.17) is 15.7 Å². The van der Waals surface area contributed by atoms with E-state index in [0.29, 0.717) is 0 Å². The molecule has 0 spiro atoms. The van der Waals surface area contributed by atoms with Crippen molar-refractivity contribution in [2.75, 3.05) is 6.61 Å². The van der Waals surface area contributed by atoms with Gasteiger partial charge in [-0.15, -0.1) is 0 Å². The van der Waals surface area contributed by atoms with Gasteiger partial charge in [-0.1, -0.05) is 0 Å². The number of halogens is 3. The van der Waals surface area contributed by atoms with Crippen molar-refractivity contribution < 1.29 is 17.9 Å². The second kappa shape index (κ2) is 4.86. The Balaban J connectivity index is 2.99. The maximum absolute atomic E-state index is 12.4. The van der Waals surface area contributed by atoms with E-state index < -0.39 is 17.3 Å². The lowest BCUT2D eigenvalue weighted by molar-refractivity contribution is -0.137. The molecule has 0 saturated carbocycles. The van der Waals surface area contributed by atoms with Gasteiger partial charge >= 0.3 is 6.18 Å². The molecule has 0 aromatic heterocycles. The number of nitrogens with zero attached hydrogens (tertiary/aromatic N) is 1. The van der Waals surface area contributed by atoms with Crippen molar-refractivity contribution in [3.8, 4) is 11.8 Å².